The van der Waals surface area contributed by atoms with Crippen molar-refractivity contribution in [3.63, 3.8) is 0 Å². The van der Waals surface area contributed by atoms with Gasteiger partial charge in [0.2, 0.25) is 5.91 Å². The summed E-state index contributed by atoms with van der Waals surface area (Å²) in [5, 5.41) is 2.71. The molecule has 1 unspecified atom stereocenters. The molecule has 4 rings (SSSR count). The number of hydrogen-bond donors (Lipinski definition) is 2. The van der Waals surface area contributed by atoms with Crippen LogP contribution >= 0.6 is 0 Å². The Bertz CT molecular complexity index is 1130. The molecule has 9 nitrogen and oxygen atoms in total. The van der Waals surface area contributed by atoms with E-state index in [4.69, 9.17) is 14.0 Å². The molecule has 0 aliphatic carbocycles. The number of nitrogens with zero attached hydrogens (tertiary/aromatic N) is 2. The number of nitrogens with one attached hydrogen (secondary N) is 2. The molecular formula is C28H41BN4O5. The zero-order valence-electron chi connectivity index (χ0n) is 23.8. The topological polar surface area (TPSA) is 106 Å². The van der Waals surface area contributed by atoms with Gasteiger partial charge in [0.25, 0.3) is 0 Å². The van der Waals surface area contributed by atoms with Gasteiger partial charge in [0.05, 0.1) is 36.2 Å². The van der Waals surface area contributed by atoms with Gasteiger partial charge in [-0.05, 0) is 57.0 Å². The molecule has 38 heavy (non-hydrogen) atoms. The second-order valence-electron chi connectivity index (χ2n) is 11.8. The Hall–Kier alpha value is -2.85. The van der Waals surface area contributed by atoms with Gasteiger partial charge in [0.15, 0.2) is 0 Å². The lowest BCUT2D eigenvalue weighted by Gasteiger charge is -2.32. The Morgan fingerprint density at radius 1 is 1.18 bits per heavy atom. The maximum atomic E-state index is 13.6. The zero-order chi connectivity index (χ0) is 27.8. The number of amides is 2. The lowest BCUT2D eigenvalue weighted by Crippen LogP contribution is -2.51. The number of carbonyl (C=O) groups excluding carboxylic acids is 2. The van der Waals surface area contributed by atoms with Crippen LogP contribution in [0.5, 0.6) is 0 Å². The molecule has 2 fully saturated rings. The predicted molar refractivity (Wildman–Crippen MR) is 147 cm³/mol. The Morgan fingerprint density at radius 2 is 1.82 bits per heavy atom. The van der Waals surface area contributed by atoms with Gasteiger partial charge < -0.3 is 29.2 Å². The van der Waals surface area contributed by atoms with Gasteiger partial charge in [0, 0.05) is 6.54 Å². The fourth-order valence-corrected chi connectivity index (χ4v) is 5.05. The number of imidazole rings is 1. The van der Waals surface area contributed by atoms with E-state index >= 15 is 0 Å². The number of hydrogen-bond acceptors (Lipinski definition) is 6. The van der Waals surface area contributed by atoms with Gasteiger partial charge in [-0.1, -0.05) is 51.5 Å². The quantitative estimate of drug-likeness (QED) is 0.530. The van der Waals surface area contributed by atoms with Crippen LogP contribution in [0.25, 0.3) is 11.3 Å². The number of benzene rings is 1. The van der Waals surface area contributed by atoms with Crippen LogP contribution in [0, 0.1) is 11.8 Å². The third kappa shape index (κ3) is 5.47. The first-order valence-electron chi connectivity index (χ1n) is 13.5. The van der Waals surface area contributed by atoms with Crippen LogP contribution in [0.1, 0.15) is 73.2 Å². The van der Waals surface area contributed by atoms with Crippen molar-refractivity contribution in [2.45, 2.75) is 84.6 Å². The molecule has 1 aromatic carbocycles. The summed E-state index contributed by atoms with van der Waals surface area (Å²) in [7, 11) is 0.887. The second-order valence-corrected chi connectivity index (χ2v) is 11.8. The first-order chi connectivity index (χ1) is 17.9. The van der Waals surface area contributed by atoms with E-state index in [1.54, 1.807) is 0 Å². The zero-order valence-corrected chi connectivity index (χ0v) is 23.8. The van der Waals surface area contributed by atoms with E-state index in [1.807, 2.05) is 76.9 Å². The molecule has 0 radical (unpaired) electrons. The Kier molecular flexibility index (Phi) is 7.95. The molecule has 2 aliphatic rings. The fraction of sp³-hybridized carbons (Fsp3) is 0.607. The van der Waals surface area contributed by atoms with Gasteiger partial charge in [-0.2, -0.15) is 0 Å². The monoisotopic (exact) mass is 524 g/mol. The number of ether oxygens (including phenoxy) is 1. The minimum atomic E-state index is -0.669. The number of aromatic nitrogens is 2. The Balaban J connectivity index is 1.53. The summed E-state index contributed by atoms with van der Waals surface area (Å²) < 4.78 is 17.1. The van der Waals surface area contributed by atoms with Crippen LogP contribution in [-0.2, 0) is 18.8 Å². The molecule has 2 saturated heterocycles. The summed E-state index contributed by atoms with van der Waals surface area (Å²) in [4.78, 5) is 35.5. The molecule has 3 atom stereocenters. The molecule has 0 spiro atoms. The van der Waals surface area contributed by atoms with E-state index < -0.39 is 30.5 Å². The average Bonchev–Trinajstić information content (AvgIpc) is 3.57. The van der Waals surface area contributed by atoms with E-state index in [-0.39, 0.29) is 17.9 Å². The first-order valence-corrected chi connectivity index (χ1v) is 13.5. The smallest absolute Gasteiger partial charge is 0.453 e. The number of likely N-dealkylation sites (tertiary alicyclic amines) is 1. The highest BCUT2D eigenvalue weighted by molar-refractivity contribution is 6.62. The highest BCUT2D eigenvalue weighted by Gasteiger charge is 2.51. The molecular weight excluding hydrogens is 483 g/mol. The Morgan fingerprint density at radius 3 is 2.37 bits per heavy atom. The standard InChI is InChI=1S/C28H41BN4O5/c1-9-18-14-22(33(16-18)25(34)23(17(2)3)32-26(35)36-8)24-30-15-21(31-24)19-10-12-20(13-11-19)29-37-27(4,5)28(6,7)38-29/h10-13,15,17-18,22-23H,9,14,16H2,1-8H3,(H,30,31)(H,32,35)/t18?,22-,23-/m0/s1. The number of aromatic amines is 1. The number of H-pyrrole nitrogens is 1. The van der Waals surface area contributed by atoms with E-state index in [0.29, 0.717) is 12.5 Å². The van der Waals surface area contributed by atoms with Crippen molar-refractivity contribution >= 4 is 24.6 Å². The van der Waals surface area contributed by atoms with Crippen LogP contribution < -0.4 is 10.8 Å². The van der Waals surface area contributed by atoms with Crippen molar-refractivity contribution in [1.29, 1.82) is 0 Å². The summed E-state index contributed by atoms with van der Waals surface area (Å²) in [6, 6.07) is 7.23. The van der Waals surface area contributed by atoms with Crippen molar-refractivity contribution in [3.05, 3.63) is 36.3 Å². The summed E-state index contributed by atoms with van der Waals surface area (Å²) >= 11 is 0. The van der Waals surface area contributed by atoms with E-state index in [9.17, 15) is 9.59 Å². The van der Waals surface area contributed by atoms with Gasteiger partial charge in [-0.3, -0.25) is 4.79 Å². The van der Waals surface area contributed by atoms with Gasteiger partial charge in [-0.15, -0.1) is 0 Å². The molecule has 2 aromatic rings. The maximum Gasteiger partial charge on any atom is 0.494 e. The van der Waals surface area contributed by atoms with Crippen molar-refractivity contribution in [1.82, 2.24) is 20.2 Å². The molecule has 206 valence electrons. The highest BCUT2D eigenvalue weighted by atomic mass is 16.7. The Labute approximate surface area is 226 Å². The molecule has 2 aliphatic heterocycles. The first kappa shape index (κ1) is 28.2. The fourth-order valence-electron chi connectivity index (χ4n) is 5.05. The van der Waals surface area contributed by atoms with Gasteiger partial charge >= 0.3 is 13.2 Å². The molecule has 10 heteroatoms. The van der Waals surface area contributed by atoms with Crippen LogP contribution in [-0.4, -0.2) is 64.9 Å². The third-order valence-corrected chi connectivity index (χ3v) is 8.30. The van der Waals surface area contributed by atoms with Crippen molar-refractivity contribution in [3.8, 4) is 11.3 Å². The third-order valence-electron chi connectivity index (χ3n) is 8.30. The molecule has 0 saturated carbocycles. The SMILES string of the molecule is CCC1C[C@@H](c2ncc(-c3ccc(B4OC(C)(C)C(C)(C)O4)cc3)[nH]2)N(C(=O)[C@@H](NC(=O)OC)C(C)C)C1. The normalized spacial score (nSPS) is 23.1. The average molecular weight is 524 g/mol. The minimum absolute atomic E-state index is 0.0856. The number of alkyl carbamates (subject to hydrolysis) is 1. The lowest BCUT2D eigenvalue weighted by atomic mass is 9.79. The summed E-state index contributed by atoms with van der Waals surface area (Å²) in [6.07, 6.45) is 2.99. The van der Waals surface area contributed by atoms with Crippen LogP contribution in [0.15, 0.2) is 30.5 Å². The number of methoxy groups -OCH3 is 1. The summed E-state index contributed by atoms with van der Waals surface area (Å²) in [5.74, 6) is 0.913. The number of carbonyl (C=O) groups is 2. The van der Waals surface area contributed by atoms with E-state index in [1.165, 1.54) is 7.11 Å². The van der Waals surface area contributed by atoms with E-state index in [2.05, 4.69) is 22.2 Å². The molecule has 3 heterocycles. The summed E-state index contributed by atoms with van der Waals surface area (Å²) in [6.45, 7) is 14.8. The molecule has 0 bridgehead atoms. The van der Waals surface area contributed by atoms with Crippen molar-refractivity contribution in [2.75, 3.05) is 13.7 Å². The van der Waals surface area contributed by atoms with Crippen molar-refractivity contribution in [2.24, 2.45) is 11.8 Å². The highest BCUT2D eigenvalue weighted by Crippen LogP contribution is 2.38. The summed E-state index contributed by atoms with van der Waals surface area (Å²) in [5.41, 5.74) is 2.04. The van der Waals surface area contributed by atoms with E-state index in [0.717, 1.165) is 35.4 Å². The largest absolute Gasteiger partial charge is 0.494 e. The number of rotatable bonds is 7. The van der Waals surface area contributed by atoms with Crippen molar-refractivity contribution < 1.29 is 23.6 Å². The minimum Gasteiger partial charge on any atom is -0.453 e. The van der Waals surface area contributed by atoms with Gasteiger partial charge in [-0.25, -0.2) is 9.78 Å². The van der Waals surface area contributed by atoms with Gasteiger partial charge in [0.1, 0.15) is 11.9 Å². The van der Waals surface area contributed by atoms with Crippen LogP contribution in [0.3, 0.4) is 0 Å². The second kappa shape index (κ2) is 10.7. The lowest BCUT2D eigenvalue weighted by molar-refractivity contribution is -0.135. The maximum absolute atomic E-state index is 13.6. The van der Waals surface area contributed by atoms with Crippen LogP contribution in [0.4, 0.5) is 4.79 Å². The molecule has 2 amide bonds. The van der Waals surface area contributed by atoms with Crippen LogP contribution in [0.2, 0.25) is 0 Å². The molecule has 1 aromatic heterocycles. The predicted octanol–water partition coefficient (Wildman–Crippen LogP) is 4.06. The molecule has 2 N–H and O–H groups in total.